The average molecular weight is 526 g/mol. The van der Waals surface area contributed by atoms with Crippen LogP contribution in [0.3, 0.4) is 0 Å². The number of aldehydes is 1. The fraction of sp³-hybridized carbons (Fsp3) is 0.542. The Hall–Kier alpha value is -2.99. The van der Waals surface area contributed by atoms with Crippen LogP contribution in [0, 0.1) is 11.7 Å². The van der Waals surface area contributed by atoms with Crippen molar-refractivity contribution >= 4 is 40.8 Å². The van der Waals surface area contributed by atoms with Gasteiger partial charge < -0.3 is 24.3 Å². The Bertz CT molecular complexity index is 1050. The van der Waals surface area contributed by atoms with Gasteiger partial charge in [-0.25, -0.2) is 18.1 Å². The predicted molar refractivity (Wildman–Crippen MR) is 131 cm³/mol. The molecule has 1 heterocycles. The molecule has 1 saturated carbocycles. The number of benzene rings is 1. The minimum absolute atomic E-state index is 0.0208. The maximum atomic E-state index is 15.7. The van der Waals surface area contributed by atoms with Crippen molar-refractivity contribution in [3.63, 3.8) is 0 Å². The van der Waals surface area contributed by atoms with Crippen LogP contribution in [0.5, 0.6) is 5.75 Å². The van der Waals surface area contributed by atoms with Crippen molar-refractivity contribution in [3.8, 4) is 5.75 Å². The molecule has 3 unspecified atom stereocenters. The molecule has 36 heavy (non-hydrogen) atoms. The van der Waals surface area contributed by atoms with Crippen molar-refractivity contribution in [2.75, 3.05) is 24.4 Å². The number of rotatable bonds is 10. The molecule has 1 fully saturated rings. The topological polar surface area (TPSA) is 125 Å². The monoisotopic (exact) mass is 525 g/mol. The second kappa shape index (κ2) is 12.3. The number of amides is 1. The molecule has 12 heteroatoms. The van der Waals surface area contributed by atoms with Crippen LogP contribution in [0.1, 0.15) is 51.5 Å². The normalized spacial score (nSPS) is 19.5. The third kappa shape index (κ3) is 6.41. The van der Waals surface area contributed by atoms with Crippen LogP contribution in [-0.2, 0) is 30.2 Å². The van der Waals surface area contributed by atoms with E-state index in [0.717, 1.165) is 30.0 Å². The summed E-state index contributed by atoms with van der Waals surface area (Å²) in [6.45, 7) is 2.26. The van der Waals surface area contributed by atoms with Gasteiger partial charge in [0.15, 0.2) is 17.0 Å². The average Bonchev–Trinajstić information content (AvgIpc) is 2.80. The zero-order chi connectivity index (χ0) is 26.4. The Balaban J connectivity index is 1.92. The van der Waals surface area contributed by atoms with Crippen LogP contribution in [0.15, 0.2) is 18.2 Å². The summed E-state index contributed by atoms with van der Waals surface area (Å²) in [5, 5.41) is 10.3. The molecule has 1 aliphatic heterocycles. The first-order valence-electron chi connectivity index (χ1n) is 11.8. The summed E-state index contributed by atoms with van der Waals surface area (Å²) in [5.74, 6) is -1.44. The number of phenols is 1. The largest absolute Gasteiger partial charge is 0.506 e. The van der Waals surface area contributed by atoms with E-state index in [1.165, 1.54) is 37.9 Å². The number of hydrogen-bond acceptors (Lipinski definition) is 7. The van der Waals surface area contributed by atoms with Crippen molar-refractivity contribution in [2.45, 2.75) is 58.3 Å². The number of carbonyl (C=O) groups is 3. The zero-order valence-electron chi connectivity index (χ0n) is 20.6. The summed E-state index contributed by atoms with van der Waals surface area (Å²) in [6, 6.07) is 2.46. The number of aromatic hydroxyl groups is 1. The molecule has 0 aromatic heterocycles. The van der Waals surface area contributed by atoms with E-state index >= 15 is 4.39 Å². The van der Waals surface area contributed by atoms with Gasteiger partial charge in [-0.05, 0) is 43.5 Å². The molecule has 0 saturated heterocycles. The van der Waals surface area contributed by atoms with Crippen LogP contribution in [0.4, 0.5) is 14.9 Å². The Morgan fingerprint density at radius 2 is 2.08 bits per heavy atom. The van der Waals surface area contributed by atoms with E-state index in [0.29, 0.717) is 24.2 Å². The van der Waals surface area contributed by atoms with Gasteiger partial charge in [0.05, 0.1) is 6.54 Å². The van der Waals surface area contributed by atoms with Crippen molar-refractivity contribution in [3.05, 3.63) is 29.6 Å². The molecule has 1 aromatic carbocycles. The smallest absolute Gasteiger partial charge is 0.413 e. The Kier molecular flexibility index (Phi) is 9.43. The molecule has 1 aliphatic carbocycles. The van der Waals surface area contributed by atoms with E-state index in [9.17, 15) is 23.7 Å². The van der Waals surface area contributed by atoms with Gasteiger partial charge >= 0.3 is 12.1 Å². The number of anilines is 1. The second-order valence-corrected chi connectivity index (χ2v) is 10.2. The Morgan fingerprint density at radius 3 is 2.67 bits per heavy atom. The molecular weight excluding hydrogens is 493 g/mol. The maximum absolute atomic E-state index is 15.7. The summed E-state index contributed by atoms with van der Waals surface area (Å²) in [4.78, 5) is 36.9. The summed E-state index contributed by atoms with van der Waals surface area (Å²) in [7, 11) is 1.37. The molecule has 0 radical (unpaired) electrons. The molecule has 3 atom stereocenters. The minimum Gasteiger partial charge on any atom is -0.506 e. The van der Waals surface area contributed by atoms with Crippen LogP contribution >= 0.6 is 0 Å². The van der Waals surface area contributed by atoms with Gasteiger partial charge in [-0.3, -0.25) is 9.10 Å². The van der Waals surface area contributed by atoms with Crippen LogP contribution < -0.4 is 9.03 Å². The fourth-order valence-electron chi connectivity index (χ4n) is 4.46. The molecule has 2 N–H and O–H groups in total. The standard InChI is InChI=1S/C24H32FN3O7S/c1-15(30)34-16(2)35-24(32)27-14-18(7-8-19(27)13-17-5-4-6-17)20-9-10-21(31)23(22(20)25)28(11-12-29)36(33)26-3/h7,9-10,12,16-17,19,26,31H,4-6,8,11,13-14H2,1-3H3. The van der Waals surface area contributed by atoms with Gasteiger partial charge in [0.25, 0.3) is 0 Å². The van der Waals surface area contributed by atoms with Crippen molar-refractivity contribution in [2.24, 2.45) is 5.92 Å². The summed E-state index contributed by atoms with van der Waals surface area (Å²) < 4.78 is 41.7. The van der Waals surface area contributed by atoms with Crippen molar-refractivity contribution < 1.29 is 37.6 Å². The molecule has 3 rings (SSSR count). The third-order valence-corrected chi connectivity index (χ3v) is 7.47. The second-order valence-electron chi connectivity index (χ2n) is 8.82. The van der Waals surface area contributed by atoms with Crippen LogP contribution in [-0.4, -0.2) is 65.0 Å². The lowest BCUT2D eigenvalue weighted by Crippen LogP contribution is -2.46. The third-order valence-electron chi connectivity index (χ3n) is 6.39. The Morgan fingerprint density at radius 1 is 1.36 bits per heavy atom. The minimum atomic E-state index is -1.98. The highest BCUT2D eigenvalue weighted by Crippen LogP contribution is 2.39. The molecule has 198 valence electrons. The quantitative estimate of drug-likeness (QED) is 0.273. The van der Waals surface area contributed by atoms with E-state index in [-0.39, 0.29) is 23.8 Å². The van der Waals surface area contributed by atoms with Crippen LogP contribution in [0.2, 0.25) is 0 Å². The summed E-state index contributed by atoms with van der Waals surface area (Å²) >= 11 is -1.98. The lowest BCUT2D eigenvalue weighted by molar-refractivity contribution is -0.163. The fourth-order valence-corrected chi connectivity index (χ4v) is 5.21. The molecule has 1 aromatic rings. The molecule has 1 amide bonds. The first-order valence-corrected chi connectivity index (χ1v) is 12.9. The van der Waals surface area contributed by atoms with E-state index in [1.54, 1.807) is 0 Å². The Labute approximate surface area is 212 Å². The molecule has 0 spiro atoms. The number of ether oxygens (including phenoxy) is 2. The van der Waals surface area contributed by atoms with E-state index in [1.807, 2.05) is 6.08 Å². The number of halogens is 1. The first kappa shape index (κ1) is 27.6. The number of nitrogens with one attached hydrogen (secondary N) is 1. The lowest BCUT2D eigenvalue weighted by atomic mass is 9.79. The highest BCUT2D eigenvalue weighted by molar-refractivity contribution is 7.84. The van der Waals surface area contributed by atoms with Gasteiger partial charge in [-0.2, -0.15) is 0 Å². The molecule has 0 bridgehead atoms. The van der Waals surface area contributed by atoms with Crippen molar-refractivity contribution in [1.82, 2.24) is 9.62 Å². The summed E-state index contributed by atoms with van der Waals surface area (Å²) in [5.41, 5.74) is 0.180. The van der Waals surface area contributed by atoms with Gasteiger partial charge in [-0.1, -0.05) is 25.3 Å². The summed E-state index contributed by atoms with van der Waals surface area (Å²) in [6.07, 6.45) is 5.09. The highest BCUT2D eigenvalue weighted by atomic mass is 32.2. The lowest BCUT2D eigenvalue weighted by Gasteiger charge is -2.39. The van der Waals surface area contributed by atoms with Crippen LogP contribution in [0.25, 0.3) is 5.57 Å². The van der Waals surface area contributed by atoms with Crippen molar-refractivity contribution in [1.29, 1.82) is 0 Å². The predicted octanol–water partition coefficient (Wildman–Crippen LogP) is 3.03. The number of phenolic OH excluding ortho intramolecular Hbond substituents is 1. The number of nitrogens with zero attached hydrogens (tertiary/aromatic N) is 2. The molecule has 2 aliphatic rings. The maximum Gasteiger partial charge on any atom is 0.413 e. The van der Waals surface area contributed by atoms with Gasteiger partial charge in [0.1, 0.15) is 17.7 Å². The number of carbonyl (C=O) groups excluding carboxylic acids is 3. The zero-order valence-corrected chi connectivity index (χ0v) is 21.4. The van der Waals surface area contributed by atoms with E-state index < -0.39 is 47.6 Å². The molecular formula is C24H32FN3O7S. The van der Waals surface area contributed by atoms with Gasteiger partial charge in [-0.15, -0.1) is 0 Å². The SMILES string of the molecule is CNS(=O)N(CC=O)c1c(O)ccc(C2=CCC(CC3CCC3)N(C(=O)OC(C)OC(C)=O)C2)c1F. The van der Waals surface area contributed by atoms with Gasteiger partial charge in [0, 0.05) is 32.0 Å². The van der Waals surface area contributed by atoms with E-state index in [2.05, 4.69) is 4.72 Å². The first-order chi connectivity index (χ1) is 17.2. The highest BCUT2D eigenvalue weighted by Gasteiger charge is 2.35. The number of hydrogen-bond donors (Lipinski definition) is 2. The van der Waals surface area contributed by atoms with Gasteiger partial charge in [0.2, 0.25) is 6.29 Å². The van der Waals surface area contributed by atoms with E-state index in [4.69, 9.17) is 9.47 Å². The molecule has 10 nitrogen and oxygen atoms in total. The number of esters is 1.